The highest BCUT2D eigenvalue weighted by atomic mass is 127. The molecule has 0 fully saturated rings. The van der Waals surface area contributed by atoms with Gasteiger partial charge in [0.2, 0.25) is 0 Å². The summed E-state index contributed by atoms with van der Waals surface area (Å²) in [5, 5.41) is 0. The molecule has 0 aliphatic rings. The molecule has 12 heavy (non-hydrogen) atoms. The van der Waals surface area contributed by atoms with Crippen molar-refractivity contribution >= 4 is 57.3 Å². The topological polar surface area (TPSA) is 15.6 Å². The largest absolute Gasteiger partial charge is 0.270 e. The van der Waals surface area contributed by atoms with Crippen molar-refractivity contribution in [3.63, 3.8) is 0 Å². The molecule has 0 aliphatic heterocycles. The molecule has 0 N–H and O–H groups in total. The van der Waals surface area contributed by atoms with Crippen molar-refractivity contribution in [2.24, 2.45) is 3.21 Å². The van der Waals surface area contributed by atoms with Crippen LogP contribution in [0.5, 0.6) is 0 Å². The van der Waals surface area contributed by atoms with Gasteiger partial charge in [-0.15, -0.1) is 0 Å². The quantitative estimate of drug-likeness (QED) is 0.312. The average molecular weight is 386 g/mol. The molecule has 0 radical (unpaired) electrons. The summed E-state index contributed by atoms with van der Waals surface area (Å²) in [7, 11) is 0. The monoisotopic (exact) mass is 386 g/mol. The third-order valence-corrected chi connectivity index (χ3v) is 3.34. The van der Waals surface area contributed by atoms with Crippen LogP contribution in [0, 0.1) is 0 Å². The van der Waals surface area contributed by atoms with Gasteiger partial charge in [0, 0.05) is 0 Å². The Labute approximate surface area is 100 Å². The first-order valence-corrected chi connectivity index (χ1v) is 5.35. The van der Waals surface area contributed by atoms with E-state index in [0.717, 1.165) is 11.5 Å². The zero-order chi connectivity index (χ0) is 8.97. The molecule has 0 aromatic heterocycles. The van der Waals surface area contributed by atoms with Crippen LogP contribution in [-0.2, 0) is 0 Å². The van der Waals surface area contributed by atoms with Gasteiger partial charge in [0.05, 0.1) is 51.4 Å². The van der Waals surface area contributed by atoms with Gasteiger partial charge in [-0.25, -0.2) is 3.21 Å². The summed E-state index contributed by atoms with van der Waals surface area (Å²) in [5.41, 5.74) is 1.15. The van der Waals surface area contributed by atoms with Crippen molar-refractivity contribution in [2.45, 2.75) is 6.92 Å². The van der Waals surface area contributed by atoms with Gasteiger partial charge in [-0.1, -0.05) is 18.2 Å². The van der Waals surface area contributed by atoms with Crippen LogP contribution in [0.15, 0.2) is 33.5 Å². The molecule has 1 aromatic rings. The lowest BCUT2D eigenvalue weighted by Gasteiger charge is -2.14. The number of rotatable bonds is 1. The van der Waals surface area contributed by atoms with E-state index in [1.165, 1.54) is 0 Å². The molecular formula is C8H8I2N2. The Bertz CT molecular complexity index is 272. The maximum atomic E-state index is 4.07. The molecule has 0 saturated heterocycles. The van der Waals surface area contributed by atoms with Gasteiger partial charge in [0.1, 0.15) is 5.84 Å². The minimum Gasteiger partial charge on any atom is -0.270 e. The number of nitrogens with zero attached hydrogens (tertiary/aromatic N) is 2. The van der Waals surface area contributed by atoms with Gasteiger partial charge in [0.25, 0.3) is 0 Å². The summed E-state index contributed by atoms with van der Waals surface area (Å²) in [5.74, 6) is 0.988. The minimum absolute atomic E-state index is 0.988. The Morgan fingerprint density at radius 1 is 1.33 bits per heavy atom. The smallest absolute Gasteiger partial charge is 0.121 e. The van der Waals surface area contributed by atoms with E-state index < -0.39 is 0 Å². The molecule has 0 unspecified atom stereocenters. The highest BCUT2D eigenvalue weighted by molar-refractivity contribution is 14.1. The van der Waals surface area contributed by atoms with E-state index in [2.05, 4.69) is 38.2 Å². The maximum Gasteiger partial charge on any atom is 0.121 e. The van der Waals surface area contributed by atoms with Gasteiger partial charge in [-0.3, -0.25) is 3.11 Å². The average Bonchev–Trinajstić information content (AvgIpc) is 2.17. The van der Waals surface area contributed by atoms with Crippen LogP contribution in [0.1, 0.15) is 6.92 Å². The van der Waals surface area contributed by atoms with Crippen molar-refractivity contribution in [3.8, 4) is 0 Å². The molecule has 0 bridgehead atoms. The number of hydrogen-bond acceptors (Lipinski definition) is 1. The molecular weight excluding hydrogens is 378 g/mol. The normalized spacial score (nSPS) is 11.4. The molecule has 0 aliphatic carbocycles. The molecule has 64 valence electrons. The van der Waals surface area contributed by atoms with Crippen LogP contribution in [0.25, 0.3) is 0 Å². The SMILES string of the molecule is CC(=NI)N(I)c1ccccc1. The van der Waals surface area contributed by atoms with E-state index in [0.29, 0.717) is 0 Å². The van der Waals surface area contributed by atoms with Gasteiger partial charge < -0.3 is 0 Å². The second-order valence-corrected chi connectivity index (χ2v) is 3.70. The van der Waals surface area contributed by atoms with Crippen LogP contribution < -0.4 is 3.11 Å². The summed E-state index contributed by atoms with van der Waals surface area (Å²) >= 11 is 4.23. The van der Waals surface area contributed by atoms with Gasteiger partial charge >= 0.3 is 0 Å². The van der Waals surface area contributed by atoms with Crippen molar-refractivity contribution < 1.29 is 0 Å². The third-order valence-electron chi connectivity index (χ3n) is 1.39. The number of halogens is 2. The zero-order valence-electron chi connectivity index (χ0n) is 6.54. The first-order valence-electron chi connectivity index (χ1n) is 3.42. The number of anilines is 1. The highest BCUT2D eigenvalue weighted by Crippen LogP contribution is 2.18. The molecule has 0 atom stereocenters. The van der Waals surface area contributed by atoms with E-state index >= 15 is 0 Å². The fourth-order valence-electron chi connectivity index (χ4n) is 0.779. The first kappa shape index (κ1) is 10.2. The second kappa shape index (κ2) is 5.00. The van der Waals surface area contributed by atoms with Crippen LogP contribution in [0.2, 0.25) is 0 Å². The zero-order valence-corrected chi connectivity index (χ0v) is 10.9. The van der Waals surface area contributed by atoms with E-state index in [-0.39, 0.29) is 0 Å². The predicted octanol–water partition coefficient (Wildman–Crippen LogP) is 3.61. The Morgan fingerprint density at radius 3 is 2.42 bits per heavy atom. The number of para-hydroxylation sites is 1. The lowest BCUT2D eigenvalue weighted by Crippen LogP contribution is -2.14. The minimum atomic E-state index is 0.988. The van der Waals surface area contributed by atoms with Crippen molar-refractivity contribution in [1.82, 2.24) is 0 Å². The summed E-state index contributed by atoms with van der Waals surface area (Å²) in [6.45, 7) is 1.98. The maximum absolute atomic E-state index is 4.07. The Kier molecular flexibility index (Phi) is 4.27. The predicted molar refractivity (Wildman–Crippen MR) is 70.1 cm³/mol. The van der Waals surface area contributed by atoms with E-state index in [9.17, 15) is 0 Å². The van der Waals surface area contributed by atoms with Crippen molar-refractivity contribution in [3.05, 3.63) is 30.3 Å². The van der Waals surface area contributed by atoms with Crippen molar-refractivity contribution in [1.29, 1.82) is 0 Å². The molecule has 2 nitrogen and oxygen atoms in total. The van der Waals surface area contributed by atoms with Gasteiger partial charge in [0.15, 0.2) is 0 Å². The summed E-state index contributed by atoms with van der Waals surface area (Å²) < 4.78 is 6.09. The fraction of sp³-hybridized carbons (Fsp3) is 0.125. The number of hydrogen-bond donors (Lipinski definition) is 0. The third kappa shape index (κ3) is 2.58. The number of benzene rings is 1. The summed E-state index contributed by atoms with van der Waals surface area (Å²) in [4.78, 5) is 0. The van der Waals surface area contributed by atoms with Crippen molar-refractivity contribution in [2.75, 3.05) is 3.11 Å². The molecule has 0 spiro atoms. The molecule has 1 aromatic carbocycles. The Morgan fingerprint density at radius 2 is 1.92 bits per heavy atom. The lowest BCUT2D eigenvalue weighted by atomic mass is 10.3. The lowest BCUT2D eigenvalue weighted by molar-refractivity contribution is 1.52. The van der Waals surface area contributed by atoms with Crippen LogP contribution >= 0.6 is 45.7 Å². The number of amidine groups is 1. The molecule has 0 amide bonds. The van der Waals surface area contributed by atoms with Crippen LogP contribution in [-0.4, -0.2) is 5.84 Å². The van der Waals surface area contributed by atoms with Crippen LogP contribution in [0.4, 0.5) is 5.69 Å². The Hall–Kier alpha value is 0.150. The summed E-state index contributed by atoms with van der Waals surface area (Å²) in [6.07, 6.45) is 0. The van der Waals surface area contributed by atoms with Gasteiger partial charge in [-0.05, 0) is 19.1 Å². The molecule has 0 saturated carbocycles. The molecule has 1 rings (SSSR count). The fourth-order valence-corrected chi connectivity index (χ4v) is 1.84. The standard InChI is InChI=1S/C8H8I2N2/c1-7(11-9)12(10)8-5-3-2-4-6-8/h2-6H,1H3. The summed E-state index contributed by atoms with van der Waals surface area (Å²) in [6, 6.07) is 10.1. The van der Waals surface area contributed by atoms with Gasteiger partial charge in [-0.2, -0.15) is 0 Å². The first-order chi connectivity index (χ1) is 5.75. The van der Waals surface area contributed by atoms with E-state index in [1.807, 2.05) is 51.1 Å². The van der Waals surface area contributed by atoms with Crippen LogP contribution in [0.3, 0.4) is 0 Å². The molecule has 0 heterocycles. The molecule has 4 heteroatoms. The highest BCUT2D eigenvalue weighted by Gasteiger charge is 2.03. The van der Waals surface area contributed by atoms with E-state index in [1.54, 1.807) is 0 Å². The Balaban J connectivity index is 2.86. The second-order valence-electron chi connectivity index (χ2n) is 2.25. The van der Waals surface area contributed by atoms with E-state index in [4.69, 9.17) is 0 Å².